The molecule has 1 aromatic heterocycles. The van der Waals surface area contributed by atoms with Crippen LogP contribution in [0.3, 0.4) is 0 Å². The minimum Gasteiger partial charge on any atom is -0.361 e. The molecule has 0 fully saturated rings. The van der Waals surface area contributed by atoms with Crippen LogP contribution in [0.25, 0.3) is 0 Å². The van der Waals surface area contributed by atoms with Gasteiger partial charge in [-0.25, -0.2) is 17.5 Å². The molecule has 0 spiro atoms. The lowest BCUT2D eigenvalue weighted by Crippen LogP contribution is -2.24. The number of hydrogen-bond acceptors (Lipinski definition) is 5. The number of nitrogens with zero attached hydrogens (tertiary/aromatic N) is 1. The summed E-state index contributed by atoms with van der Waals surface area (Å²) in [5, 5.41) is 3.75. The standard InChI is InChI=1S/C13H16FN3O3S/c1-8-12(9(2)20-17-8)7-16-21(18,19)11-3-4-13(14)10(5-11)6-15/h3-5,16H,6-7,15H2,1-2H3. The maximum Gasteiger partial charge on any atom is 0.240 e. The fraction of sp³-hybridized carbons (Fsp3) is 0.308. The van der Waals surface area contributed by atoms with Gasteiger partial charge in [-0.3, -0.25) is 0 Å². The minimum atomic E-state index is -3.76. The molecule has 1 aromatic carbocycles. The predicted molar refractivity (Wildman–Crippen MR) is 74.3 cm³/mol. The first kappa shape index (κ1) is 15.6. The zero-order chi connectivity index (χ0) is 15.6. The van der Waals surface area contributed by atoms with E-state index in [4.69, 9.17) is 10.3 Å². The number of hydrogen-bond donors (Lipinski definition) is 2. The summed E-state index contributed by atoms with van der Waals surface area (Å²) < 4.78 is 45.2. The molecule has 0 aliphatic heterocycles. The highest BCUT2D eigenvalue weighted by Crippen LogP contribution is 2.17. The fourth-order valence-corrected chi connectivity index (χ4v) is 2.93. The number of nitrogens with two attached hydrogens (primary N) is 1. The van der Waals surface area contributed by atoms with Crippen molar-refractivity contribution in [2.45, 2.75) is 31.8 Å². The fourth-order valence-electron chi connectivity index (χ4n) is 1.88. The van der Waals surface area contributed by atoms with Crippen molar-refractivity contribution in [1.82, 2.24) is 9.88 Å². The smallest absolute Gasteiger partial charge is 0.240 e. The zero-order valence-corrected chi connectivity index (χ0v) is 12.5. The molecule has 2 aromatic rings. The summed E-state index contributed by atoms with van der Waals surface area (Å²) >= 11 is 0. The quantitative estimate of drug-likeness (QED) is 0.868. The van der Waals surface area contributed by atoms with Gasteiger partial charge in [-0.2, -0.15) is 0 Å². The van der Waals surface area contributed by atoms with Gasteiger partial charge >= 0.3 is 0 Å². The van der Waals surface area contributed by atoms with Crippen LogP contribution in [0.4, 0.5) is 4.39 Å². The van der Waals surface area contributed by atoms with Crippen LogP contribution >= 0.6 is 0 Å². The summed E-state index contributed by atoms with van der Waals surface area (Å²) in [6.45, 7) is 3.41. The lowest BCUT2D eigenvalue weighted by molar-refractivity contribution is 0.392. The molecule has 6 nitrogen and oxygen atoms in total. The largest absolute Gasteiger partial charge is 0.361 e. The van der Waals surface area contributed by atoms with Crippen molar-refractivity contribution < 1.29 is 17.3 Å². The van der Waals surface area contributed by atoms with Gasteiger partial charge in [0.05, 0.1) is 10.6 Å². The summed E-state index contributed by atoms with van der Waals surface area (Å²) in [4.78, 5) is -0.0314. The lowest BCUT2D eigenvalue weighted by atomic mass is 10.2. The SMILES string of the molecule is Cc1noc(C)c1CNS(=O)(=O)c1ccc(F)c(CN)c1. The van der Waals surface area contributed by atoms with Crippen molar-refractivity contribution in [3.05, 3.63) is 46.6 Å². The Morgan fingerprint density at radius 2 is 2.10 bits per heavy atom. The zero-order valence-electron chi connectivity index (χ0n) is 11.7. The molecule has 0 unspecified atom stereocenters. The minimum absolute atomic E-state index is 0.0314. The van der Waals surface area contributed by atoms with E-state index < -0.39 is 15.8 Å². The first-order chi connectivity index (χ1) is 9.85. The monoisotopic (exact) mass is 313 g/mol. The maximum absolute atomic E-state index is 13.4. The lowest BCUT2D eigenvalue weighted by Gasteiger charge is -2.08. The van der Waals surface area contributed by atoms with E-state index in [1.54, 1.807) is 13.8 Å². The van der Waals surface area contributed by atoms with Gasteiger partial charge in [-0.15, -0.1) is 0 Å². The molecule has 0 radical (unpaired) electrons. The molecule has 0 atom stereocenters. The molecule has 8 heteroatoms. The van der Waals surface area contributed by atoms with Crippen molar-refractivity contribution >= 4 is 10.0 Å². The summed E-state index contributed by atoms with van der Waals surface area (Å²) in [6.07, 6.45) is 0. The van der Waals surface area contributed by atoms with Gasteiger partial charge in [0.25, 0.3) is 0 Å². The molecule has 0 aliphatic carbocycles. The number of aromatic nitrogens is 1. The number of nitrogens with one attached hydrogen (secondary N) is 1. The van der Waals surface area contributed by atoms with Crippen molar-refractivity contribution in [3.63, 3.8) is 0 Å². The topological polar surface area (TPSA) is 98.2 Å². The van der Waals surface area contributed by atoms with E-state index in [9.17, 15) is 12.8 Å². The Kier molecular flexibility index (Phi) is 4.40. The van der Waals surface area contributed by atoms with Crippen LogP contribution in [0.5, 0.6) is 0 Å². The Bertz CT molecular complexity index is 737. The Hall–Kier alpha value is -1.77. The molecule has 0 aliphatic rings. The van der Waals surface area contributed by atoms with E-state index in [0.29, 0.717) is 17.0 Å². The van der Waals surface area contributed by atoms with Crippen LogP contribution in [0.1, 0.15) is 22.6 Å². The van der Waals surface area contributed by atoms with Crippen LogP contribution < -0.4 is 10.5 Å². The molecule has 2 rings (SSSR count). The predicted octanol–water partition coefficient (Wildman–Crippen LogP) is 1.37. The third-order valence-corrected chi connectivity index (χ3v) is 4.57. The highest BCUT2D eigenvalue weighted by atomic mass is 32.2. The summed E-state index contributed by atoms with van der Waals surface area (Å²) in [7, 11) is -3.76. The molecule has 3 N–H and O–H groups in total. The van der Waals surface area contributed by atoms with E-state index in [0.717, 1.165) is 6.07 Å². The first-order valence-electron chi connectivity index (χ1n) is 6.25. The van der Waals surface area contributed by atoms with Gasteiger partial charge in [0, 0.05) is 24.2 Å². The van der Waals surface area contributed by atoms with E-state index >= 15 is 0 Å². The Labute approximate surface area is 122 Å². The van der Waals surface area contributed by atoms with Crippen LogP contribution in [0.2, 0.25) is 0 Å². The molecule has 0 bridgehead atoms. The van der Waals surface area contributed by atoms with Crippen molar-refractivity contribution in [1.29, 1.82) is 0 Å². The van der Waals surface area contributed by atoms with Gasteiger partial charge in [0.2, 0.25) is 10.0 Å². The second-order valence-corrected chi connectivity index (χ2v) is 6.35. The average molecular weight is 313 g/mol. The third kappa shape index (κ3) is 3.29. The summed E-state index contributed by atoms with van der Waals surface area (Å²) in [5.41, 5.74) is 6.83. The second kappa shape index (κ2) is 5.92. The number of sulfonamides is 1. The second-order valence-electron chi connectivity index (χ2n) is 4.58. The van der Waals surface area contributed by atoms with Crippen molar-refractivity contribution in [3.8, 4) is 0 Å². The number of halogens is 1. The van der Waals surface area contributed by atoms with Gasteiger partial charge in [0.15, 0.2) is 0 Å². The average Bonchev–Trinajstić information content (AvgIpc) is 2.76. The highest BCUT2D eigenvalue weighted by Gasteiger charge is 2.18. The molecular formula is C13H16FN3O3S. The third-order valence-electron chi connectivity index (χ3n) is 3.17. The van der Waals surface area contributed by atoms with Crippen molar-refractivity contribution in [2.24, 2.45) is 5.73 Å². The number of aryl methyl sites for hydroxylation is 2. The van der Waals surface area contributed by atoms with Gasteiger partial charge in [-0.1, -0.05) is 5.16 Å². The van der Waals surface area contributed by atoms with Crippen molar-refractivity contribution in [2.75, 3.05) is 0 Å². The van der Waals surface area contributed by atoms with Gasteiger partial charge in [-0.05, 0) is 32.0 Å². The molecule has 114 valence electrons. The van der Waals surface area contributed by atoms with Gasteiger partial charge < -0.3 is 10.3 Å². The van der Waals surface area contributed by atoms with Crippen LogP contribution in [0.15, 0.2) is 27.6 Å². The molecule has 21 heavy (non-hydrogen) atoms. The molecule has 0 saturated carbocycles. The summed E-state index contributed by atoms with van der Waals surface area (Å²) in [6, 6.07) is 3.52. The molecule has 1 heterocycles. The Balaban J connectivity index is 2.23. The van der Waals surface area contributed by atoms with Crippen LogP contribution in [-0.2, 0) is 23.1 Å². The van der Waals surface area contributed by atoms with Crippen LogP contribution in [-0.4, -0.2) is 13.6 Å². The molecule has 0 saturated heterocycles. The highest BCUT2D eigenvalue weighted by molar-refractivity contribution is 7.89. The summed E-state index contributed by atoms with van der Waals surface area (Å²) in [5.74, 6) is 0.0270. The van der Waals surface area contributed by atoms with E-state index in [-0.39, 0.29) is 23.5 Å². The molecular weight excluding hydrogens is 297 g/mol. The van der Waals surface area contributed by atoms with Gasteiger partial charge in [0.1, 0.15) is 11.6 Å². The maximum atomic E-state index is 13.4. The first-order valence-corrected chi connectivity index (χ1v) is 7.73. The normalized spacial score (nSPS) is 11.8. The molecule has 0 amide bonds. The Morgan fingerprint density at radius 3 is 2.67 bits per heavy atom. The number of benzene rings is 1. The van der Waals surface area contributed by atoms with E-state index in [1.165, 1.54) is 12.1 Å². The van der Waals surface area contributed by atoms with E-state index in [2.05, 4.69) is 9.88 Å². The Morgan fingerprint density at radius 1 is 1.38 bits per heavy atom. The van der Waals surface area contributed by atoms with Crippen LogP contribution in [0, 0.1) is 19.7 Å². The van der Waals surface area contributed by atoms with E-state index in [1.807, 2.05) is 0 Å². The number of rotatable bonds is 5.